The van der Waals surface area contributed by atoms with Crippen molar-refractivity contribution in [2.45, 2.75) is 112 Å². The average molecular weight is 451 g/mol. The Morgan fingerprint density at radius 3 is 1.45 bits per heavy atom. The molecule has 0 aliphatic heterocycles. The number of phenolic OH excluding ortho intramolecular Hbond substituents is 2. The Morgan fingerprint density at radius 2 is 1.12 bits per heavy atom. The molecule has 0 spiro atoms. The summed E-state index contributed by atoms with van der Waals surface area (Å²) in [6.45, 7) is 24.3. The minimum absolute atomic E-state index is 0.150. The van der Waals surface area contributed by atoms with Crippen LogP contribution in [0.4, 0.5) is 0 Å². The summed E-state index contributed by atoms with van der Waals surface area (Å²) < 4.78 is 0. The Morgan fingerprint density at radius 1 is 0.727 bits per heavy atom. The van der Waals surface area contributed by atoms with Crippen LogP contribution in [0, 0.1) is 25.2 Å². The molecule has 3 rings (SSSR count). The van der Waals surface area contributed by atoms with Crippen LogP contribution in [0.25, 0.3) is 0 Å². The molecule has 1 unspecified atom stereocenters. The predicted octanol–water partition coefficient (Wildman–Crippen LogP) is 8.44. The van der Waals surface area contributed by atoms with Crippen LogP contribution in [-0.2, 0) is 16.2 Å². The van der Waals surface area contributed by atoms with Gasteiger partial charge in [-0.1, -0.05) is 86.6 Å². The lowest BCUT2D eigenvalue weighted by molar-refractivity contribution is 0.126. The molecule has 0 bridgehead atoms. The Hall–Kier alpha value is -1.96. The van der Waals surface area contributed by atoms with Gasteiger partial charge >= 0.3 is 0 Å². The molecule has 0 radical (unpaired) electrons. The minimum Gasteiger partial charge on any atom is -0.507 e. The zero-order chi connectivity index (χ0) is 25.1. The average Bonchev–Trinajstić information content (AvgIpc) is 2.62. The smallest absolute Gasteiger partial charge is 0.122 e. The van der Waals surface area contributed by atoms with E-state index in [4.69, 9.17) is 0 Å². The maximum absolute atomic E-state index is 11.0. The van der Waals surface area contributed by atoms with Gasteiger partial charge in [-0.2, -0.15) is 0 Å². The first-order valence-corrected chi connectivity index (χ1v) is 12.6. The molecule has 2 heteroatoms. The van der Waals surface area contributed by atoms with Gasteiger partial charge in [-0.05, 0) is 88.7 Å². The first kappa shape index (κ1) is 25.7. The van der Waals surface area contributed by atoms with Crippen LogP contribution in [0.2, 0.25) is 0 Å². The summed E-state index contributed by atoms with van der Waals surface area (Å²) in [4.78, 5) is 0. The van der Waals surface area contributed by atoms with Gasteiger partial charge in [0.25, 0.3) is 0 Å². The van der Waals surface area contributed by atoms with Crippen LogP contribution in [0.1, 0.15) is 115 Å². The van der Waals surface area contributed by atoms with Crippen LogP contribution < -0.4 is 0 Å². The standard InChI is InChI=1S/C31H46O2/c1-19-16-30(10,11)18-31(17-19,22-12-20(2)26(32)24(14-22)28(4,5)6)23-13-21(3)27(33)25(15-23)29(7,8)9/h12-15,19,32-33H,16-18H2,1-11H3. The number of benzene rings is 2. The van der Waals surface area contributed by atoms with Crippen LogP contribution in [0.3, 0.4) is 0 Å². The number of rotatable bonds is 2. The van der Waals surface area contributed by atoms with Gasteiger partial charge in [0.05, 0.1) is 0 Å². The van der Waals surface area contributed by atoms with E-state index in [-0.39, 0.29) is 21.7 Å². The van der Waals surface area contributed by atoms with E-state index in [0.717, 1.165) is 35.1 Å². The van der Waals surface area contributed by atoms with Gasteiger partial charge in [0, 0.05) is 5.41 Å². The first-order valence-electron chi connectivity index (χ1n) is 12.6. The summed E-state index contributed by atoms with van der Waals surface area (Å²) >= 11 is 0. The van der Waals surface area contributed by atoms with Crippen molar-refractivity contribution in [3.05, 3.63) is 57.6 Å². The Kier molecular flexibility index (Phi) is 6.27. The highest BCUT2D eigenvalue weighted by Crippen LogP contribution is 2.55. The fraction of sp³-hybridized carbons (Fsp3) is 0.613. The molecule has 1 aliphatic rings. The van der Waals surface area contributed by atoms with Gasteiger partial charge in [-0.15, -0.1) is 0 Å². The summed E-state index contributed by atoms with van der Waals surface area (Å²) in [7, 11) is 0. The van der Waals surface area contributed by atoms with E-state index in [9.17, 15) is 10.2 Å². The van der Waals surface area contributed by atoms with E-state index in [2.05, 4.69) is 86.6 Å². The lowest BCUT2D eigenvalue weighted by Crippen LogP contribution is -2.41. The fourth-order valence-electron chi connectivity index (χ4n) is 6.43. The maximum Gasteiger partial charge on any atom is 0.122 e. The largest absolute Gasteiger partial charge is 0.507 e. The Bertz CT molecular complexity index is 975. The number of aromatic hydroxyl groups is 2. The molecule has 1 aliphatic carbocycles. The molecule has 0 heterocycles. The Labute approximate surface area is 202 Å². The summed E-state index contributed by atoms with van der Waals surface area (Å²) in [6, 6.07) is 8.99. The van der Waals surface area contributed by atoms with Gasteiger partial charge in [0.2, 0.25) is 0 Å². The number of aryl methyl sites for hydroxylation is 2. The molecule has 33 heavy (non-hydrogen) atoms. The molecule has 1 saturated carbocycles. The minimum atomic E-state index is -0.169. The van der Waals surface area contributed by atoms with Crippen molar-refractivity contribution in [2.75, 3.05) is 0 Å². The highest BCUT2D eigenvalue weighted by atomic mass is 16.3. The molecule has 2 aromatic carbocycles. The molecule has 2 nitrogen and oxygen atoms in total. The quantitative estimate of drug-likeness (QED) is 0.482. The molecule has 0 aromatic heterocycles. The van der Waals surface area contributed by atoms with E-state index in [1.54, 1.807) is 0 Å². The van der Waals surface area contributed by atoms with Gasteiger partial charge in [-0.3, -0.25) is 0 Å². The third-order valence-electron chi connectivity index (χ3n) is 7.70. The highest BCUT2D eigenvalue weighted by Gasteiger charge is 2.46. The van der Waals surface area contributed by atoms with Crippen molar-refractivity contribution in [2.24, 2.45) is 11.3 Å². The van der Waals surface area contributed by atoms with Crippen LogP contribution in [0.15, 0.2) is 24.3 Å². The van der Waals surface area contributed by atoms with Crippen molar-refractivity contribution in [3.8, 4) is 11.5 Å². The van der Waals surface area contributed by atoms with Crippen molar-refractivity contribution in [1.29, 1.82) is 0 Å². The SMILES string of the molecule is Cc1cc(C2(c3cc(C)c(O)c(C(C)(C)C)c3)CC(C)CC(C)(C)C2)cc(C(C)(C)C)c1O. The molecule has 2 N–H and O–H groups in total. The molecule has 1 fully saturated rings. The van der Waals surface area contributed by atoms with Crippen molar-refractivity contribution in [3.63, 3.8) is 0 Å². The number of hydrogen-bond donors (Lipinski definition) is 2. The van der Waals surface area contributed by atoms with Crippen molar-refractivity contribution in [1.82, 2.24) is 0 Å². The summed E-state index contributed by atoms with van der Waals surface area (Å²) in [5, 5.41) is 21.9. The lowest BCUT2D eigenvalue weighted by atomic mass is 9.55. The zero-order valence-electron chi connectivity index (χ0n) is 22.9. The zero-order valence-corrected chi connectivity index (χ0v) is 22.9. The molecular formula is C31H46O2. The Balaban J connectivity index is 2.41. The lowest BCUT2D eigenvalue weighted by Gasteiger charge is -2.49. The van der Waals surface area contributed by atoms with E-state index < -0.39 is 0 Å². The normalized spacial score (nSPS) is 20.6. The number of phenols is 2. The molecule has 2 aromatic rings. The van der Waals surface area contributed by atoms with E-state index >= 15 is 0 Å². The fourth-order valence-corrected chi connectivity index (χ4v) is 6.43. The van der Waals surface area contributed by atoms with Gasteiger partial charge in [0.15, 0.2) is 0 Å². The summed E-state index contributed by atoms with van der Waals surface area (Å²) in [5.41, 5.74) is 6.24. The molecule has 1 atom stereocenters. The molecule has 0 amide bonds. The number of hydrogen-bond acceptors (Lipinski definition) is 2. The third-order valence-corrected chi connectivity index (χ3v) is 7.70. The third kappa shape index (κ3) is 4.81. The first-order chi connectivity index (χ1) is 14.9. The summed E-state index contributed by atoms with van der Waals surface area (Å²) in [5.74, 6) is 1.41. The van der Waals surface area contributed by atoms with Gasteiger partial charge < -0.3 is 10.2 Å². The van der Waals surface area contributed by atoms with Crippen LogP contribution in [0.5, 0.6) is 11.5 Å². The monoisotopic (exact) mass is 450 g/mol. The van der Waals surface area contributed by atoms with Crippen LogP contribution in [-0.4, -0.2) is 10.2 Å². The van der Waals surface area contributed by atoms with E-state index in [0.29, 0.717) is 17.4 Å². The maximum atomic E-state index is 11.0. The van der Waals surface area contributed by atoms with Gasteiger partial charge in [-0.25, -0.2) is 0 Å². The van der Waals surface area contributed by atoms with E-state index in [1.165, 1.54) is 17.5 Å². The second kappa shape index (κ2) is 8.07. The van der Waals surface area contributed by atoms with Crippen LogP contribution >= 0.6 is 0 Å². The topological polar surface area (TPSA) is 40.5 Å². The van der Waals surface area contributed by atoms with E-state index in [1.807, 2.05) is 13.8 Å². The van der Waals surface area contributed by atoms with Crippen molar-refractivity contribution >= 4 is 0 Å². The molecule has 0 saturated heterocycles. The highest BCUT2D eigenvalue weighted by molar-refractivity contribution is 5.55. The molecular weight excluding hydrogens is 404 g/mol. The summed E-state index contributed by atoms with van der Waals surface area (Å²) in [6.07, 6.45) is 3.32. The second-order valence-electron chi connectivity index (χ2n) is 13.8. The second-order valence-corrected chi connectivity index (χ2v) is 13.8. The predicted molar refractivity (Wildman–Crippen MR) is 141 cm³/mol. The molecule has 182 valence electrons. The van der Waals surface area contributed by atoms with Crippen molar-refractivity contribution < 1.29 is 10.2 Å². The van der Waals surface area contributed by atoms with Gasteiger partial charge in [0.1, 0.15) is 11.5 Å².